The highest BCUT2D eigenvalue weighted by Crippen LogP contribution is 2.28. The van der Waals surface area contributed by atoms with Crippen LogP contribution in [0.25, 0.3) is 0 Å². The second kappa shape index (κ2) is 10.2. The number of carbonyl (C=O) groups excluding carboxylic acids is 1. The molecule has 6 nitrogen and oxygen atoms in total. The summed E-state index contributed by atoms with van der Waals surface area (Å²) < 4.78 is 48.0. The number of alkyl halides is 3. The van der Waals surface area contributed by atoms with Gasteiger partial charge in [-0.05, 0) is 43.2 Å². The number of methoxy groups -OCH3 is 1. The molecule has 1 heterocycles. The van der Waals surface area contributed by atoms with Crippen LogP contribution in [-0.4, -0.2) is 42.4 Å². The van der Waals surface area contributed by atoms with Gasteiger partial charge in [-0.25, -0.2) is 9.78 Å². The van der Waals surface area contributed by atoms with Crippen molar-refractivity contribution in [3.8, 4) is 5.75 Å². The summed E-state index contributed by atoms with van der Waals surface area (Å²) in [4.78, 5) is 14.5. The lowest BCUT2D eigenvalue weighted by Gasteiger charge is -2.18. The molecule has 2 unspecified atom stereocenters. The molecule has 1 aromatic carbocycles. The van der Waals surface area contributed by atoms with Gasteiger partial charge in [0.05, 0.1) is 12.8 Å². The zero-order valence-corrected chi connectivity index (χ0v) is 16.1. The minimum atomic E-state index is -4.55. The van der Waals surface area contributed by atoms with E-state index in [4.69, 9.17) is 4.74 Å². The van der Waals surface area contributed by atoms with Gasteiger partial charge in [-0.15, -0.1) is 0 Å². The highest BCUT2D eigenvalue weighted by Gasteiger charge is 2.32. The zero-order valence-electron chi connectivity index (χ0n) is 16.1. The van der Waals surface area contributed by atoms with Crippen molar-refractivity contribution in [2.75, 3.05) is 20.3 Å². The van der Waals surface area contributed by atoms with Crippen molar-refractivity contribution in [1.29, 1.82) is 0 Å². The Balaban J connectivity index is 1.83. The lowest BCUT2D eigenvalue weighted by molar-refractivity contribution is -0.143. The number of ether oxygens (including phenoxy) is 2. The molecule has 2 aromatic rings. The maximum Gasteiger partial charge on any atom is 0.433 e. The summed E-state index contributed by atoms with van der Waals surface area (Å²) in [6.07, 6.45) is -5.09. The molecule has 0 bridgehead atoms. The van der Waals surface area contributed by atoms with Gasteiger partial charge in [0, 0.05) is 12.6 Å². The van der Waals surface area contributed by atoms with Crippen LogP contribution in [0.2, 0.25) is 0 Å². The molecule has 0 radical (unpaired) electrons. The molecule has 9 heteroatoms. The highest BCUT2D eigenvalue weighted by atomic mass is 19.4. The molecule has 2 atom stereocenters. The summed E-state index contributed by atoms with van der Waals surface area (Å²) in [5, 5.41) is 13.2. The Bertz CT molecular complexity index is 797. The Morgan fingerprint density at radius 2 is 1.90 bits per heavy atom. The third kappa shape index (κ3) is 7.35. The molecule has 158 valence electrons. The van der Waals surface area contributed by atoms with Crippen LogP contribution < -0.4 is 10.1 Å². The number of carbonyl (C=O) groups is 1. The third-order valence-electron chi connectivity index (χ3n) is 4.11. The first-order valence-electron chi connectivity index (χ1n) is 8.93. The van der Waals surface area contributed by atoms with Crippen molar-refractivity contribution < 1.29 is 32.5 Å². The number of rotatable bonds is 9. The van der Waals surface area contributed by atoms with E-state index in [0.717, 1.165) is 11.6 Å². The molecule has 0 fully saturated rings. The predicted octanol–water partition coefficient (Wildman–Crippen LogP) is 2.91. The lowest BCUT2D eigenvalue weighted by Crippen LogP contribution is -2.32. The van der Waals surface area contributed by atoms with Crippen LogP contribution >= 0.6 is 0 Å². The number of esters is 1. The van der Waals surface area contributed by atoms with Gasteiger partial charge in [0.1, 0.15) is 17.5 Å². The third-order valence-corrected chi connectivity index (χ3v) is 4.11. The van der Waals surface area contributed by atoms with Crippen molar-refractivity contribution in [2.24, 2.45) is 0 Å². The largest absolute Gasteiger partial charge is 0.482 e. The Hall–Kier alpha value is -2.65. The van der Waals surface area contributed by atoms with Gasteiger partial charge in [-0.1, -0.05) is 18.2 Å². The highest BCUT2D eigenvalue weighted by molar-refractivity contribution is 5.70. The van der Waals surface area contributed by atoms with E-state index in [1.165, 1.54) is 19.2 Å². The number of hydrogen-bond donors (Lipinski definition) is 2. The van der Waals surface area contributed by atoms with Crippen LogP contribution in [0.15, 0.2) is 42.5 Å². The summed E-state index contributed by atoms with van der Waals surface area (Å²) in [5.74, 6) is 0.0616. The molecule has 0 saturated heterocycles. The fourth-order valence-electron chi connectivity index (χ4n) is 2.56. The van der Waals surface area contributed by atoms with Crippen LogP contribution in [0.5, 0.6) is 5.75 Å². The second-order valence-corrected chi connectivity index (χ2v) is 6.48. The molecule has 0 aliphatic heterocycles. The molecule has 0 amide bonds. The Morgan fingerprint density at radius 1 is 1.21 bits per heavy atom. The number of nitrogens with one attached hydrogen (secondary N) is 1. The summed E-state index contributed by atoms with van der Waals surface area (Å²) >= 11 is 0. The average molecular weight is 412 g/mol. The summed E-state index contributed by atoms with van der Waals surface area (Å²) in [6.45, 7) is 1.79. The molecule has 2 rings (SSSR count). The van der Waals surface area contributed by atoms with Crippen LogP contribution in [0.3, 0.4) is 0 Å². The van der Waals surface area contributed by atoms with E-state index in [0.29, 0.717) is 12.2 Å². The minimum absolute atomic E-state index is 0.0355. The number of pyridine rings is 1. The lowest BCUT2D eigenvalue weighted by atomic mass is 10.1. The molecule has 0 saturated carbocycles. The number of halogens is 3. The number of aliphatic hydroxyl groups excluding tert-OH is 1. The van der Waals surface area contributed by atoms with Crippen molar-refractivity contribution in [2.45, 2.75) is 31.7 Å². The topological polar surface area (TPSA) is 80.7 Å². The number of benzene rings is 1. The molecular weight excluding hydrogens is 389 g/mol. The quantitative estimate of drug-likeness (QED) is 0.617. The zero-order chi connectivity index (χ0) is 21.4. The molecule has 0 aliphatic rings. The Kier molecular flexibility index (Phi) is 7.98. The number of nitrogens with zero attached hydrogens (tertiary/aromatic N) is 1. The van der Waals surface area contributed by atoms with Gasteiger partial charge >= 0.3 is 12.1 Å². The van der Waals surface area contributed by atoms with Gasteiger partial charge in [0.2, 0.25) is 0 Å². The maximum absolute atomic E-state index is 12.7. The van der Waals surface area contributed by atoms with Crippen LogP contribution in [0, 0.1) is 0 Å². The average Bonchev–Trinajstić information content (AvgIpc) is 2.70. The monoisotopic (exact) mass is 412 g/mol. The second-order valence-electron chi connectivity index (χ2n) is 6.48. The van der Waals surface area contributed by atoms with E-state index in [1.54, 1.807) is 12.1 Å². The number of aromatic nitrogens is 1. The smallest absolute Gasteiger partial charge is 0.433 e. The molecule has 0 spiro atoms. The van der Waals surface area contributed by atoms with Crippen molar-refractivity contribution in [3.05, 3.63) is 59.4 Å². The fraction of sp³-hybridized carbons (Fsp3) is 0.400. The minimum Gasteiger partial charge on any atom is -0.482 e. The molecule has 2 N–H and O–H groups in total. The Morgan fingerprint density at radius 3 is 2.52 bits per heavy atom. The van der Waals surface area contributed by atoms with Crippen LogP contribution in [-0.2, 0) is 22.1 Å². The molecule has 1 aromatic heterocycles. The number of hydrogen-bond acceptors (Lipinski definition) is 6. The van der Waals surface area contributed by atoms with E-state index in [9.17, 15) is 23.1 Å². The van der Waals surface area contributed by atoms with Gasteiger partial charge in [0.15, 0.2) is 6.61 Å². The normalized spacial score (nSPS) is 13.6. The number of aliphatic hydroxyl groups is 1. The van der Waals surface area contributed by atoms with Crippen molar-refractivity contribution >= 4 is 5.97 Å². The van der Waals surface area contributed by atoms with E-state index in [1.807, 2.05) is 19.1 Å². The summed E-state index contributed by atoms with van der Waals surface area (Å²) in [6, 6.07) is 10.5. The molecule has 29 heavy (non-hydrogen) atoms. The fourth-order valence-corrected chi connectivity index (χ4v) is 2.56. The first-order valence-corrected chi connectivity index (χ1v) is 8.93. The Labute approximate surface area is 166 Å². The maximum atomic E-state index is 12.7. The van der Waals surface area contributed by atoms with Crippen LogP contribution in [0.1, 0.15) is 30.0 Å². The van der Waals surface area contributed by atoms with Gasteiger partial charge in [-0.3, -0.25) is 0 Å². The van der Waals surface area contributed by atoms with Gasteiger partial charge < -0.3 is 19.9 Å². The van der Waals surface area contributed by atoms with Crippen molar-refractivity contribution in [1.82, 2.24) is 10.3 Å². The predicted molar refractivity (Wildman–Crippen MR) is 99.3 cm³/mol. The summed E-state index contributed by atoms with van der Waals surface area (Å²) in [5.41, 5.74) is -0.0784. The standard InChI is InChI=1S/C20H23F3N2O4/c1-13(10-14-6-8-15(9-7-14)29-12-19(27)28-2)24-11-17(26)16-4-3-5-18(25-16)20(21,22)23/h3-9,13,17,24,26H,10-12H2,1-2H3. The first-order chi connectivity index (χ1) is 13.7. The van der Waals surface area contributed by atoms with Gasteiger partial charge in [0.25, 0.3) is 0 Å². The van der Waals surface area contributed by atoms with E-state index >= 15 is 0 Å². The van der Waals surface area contributed by atoms with Gasteiger partial charge in [-0.2, -0.15) is 13.2 Å². The van der Waals surface area contributed by atoms with E-state index in [-0.39, 0.29) is 24.9 Å². The van der Waals surface area contributed by atoms with E-state index < -0.39 is 23.9 Å². The molecule has 0 aliphatic carbocycles. The SMILES string of the molecule is COC(=O)COc1ccc(CC(C)NCC(O)c2cccc(C(F)(F)F)n2)cc1. The first kappa shape index (κ1) is 22.6. The van der Waals surface area contributed by atoms with E-state index in [2.05, 4.69) is 15.0 Å². The van der Waals surface area contributed by atoms with Crippen LogP contribution in [0.4, 0.5) is 13.2 Å². The van der Waals surface area contributed by atoms with Crippen molar-refractivity contribution in [3.63, 3.8) is 0 Å². The molecular formula is C20H23F3N2O4. The summed E-state index contributed by atoms with van der Waals surface area (Å²) in [7, 11) is 1.28.